The lowest BCUT2D eigenvalue weighted by Gasteiger charge is -2.25. The van der Waals surface area contributed by atoms with Crippen LogP contribution in [0.15, 0.2) is 24.3 Å². The van der Waals surface area contributed by atoms with E-state index in [0.717, 1.165) is 24.0 Å². The van der Waals surface area contributed by atoms with Crippen molar-refractivity contribution in [3.05, 3.63) is 45.5 Å². The van der Waals surface area contributed by atoms with E-state index in [2.05, 4.69) is 31.1 Å². The third-order valence-corrected chi connectivity index (χ3v) is 5.14. The van der Waals surface area contributed by atoms with E-state index in [-0.39, 0.29) is 17.3 Å². The molecule has 2 rings (SSSR count). The van der Waals surface area contributed by atoms with E-state index in [0.29, 0.717) is 6.54 Å². The molecule has 134 valence electrons. The number of hydrogen-bond acceptors (Lipinski definition) is 3. The molecule has 1 aromatic rings. The summed E-state index contributed by atoms with van der Waals surface area (Å²) in [5.74, 6) is 3.07. The molecule has 6 heteroatoms. The first-order valence-corrected chi connectivity index (χ1v) is 12.3. The predicted molar refractivity (Wildman–Crippen MR) is 101 cm³/mol. The molecule has 0 radical (unpaired) electrons. The molecule has 0 saturated carbocycles. The Kier molecular flexibility index (Phi) is 6.01. The number of rotatable bonds is 5. The summed E-state index contributed by atoms with van der Waals surface area (Å²) < 4.78 is 0. The fourth-order valence-electron chi connectivity index (χ4n) is 2.98. The largest absolute Gasteiger partial charge is 0.328 e. The minimum Gasteiger partial charge on any atom is -0.328 e. The molecule has 25 heavy (non-hydrogen) atoms. The molecule has 0 N–H and O–H groups in total. The summed E-state index contributed by atoms with van der Waals surface area (Å²) in [4.78, 5) is 25.1. The summed E-state index contributed by atoms with van der Waals surface area (Å²) in [6, 6.07) is 6.22. The van der Waals surface area contributed by atoms with Gasteiger partial charge in [0.05, 0.1) is 6.42 Å². The molecule has 0 spiro atoms. The minimum absolute atomic E-state index is 0.0153. The van der Waals surface area contributed by atoms with Crippen LogP contribution in [0.2, 0.25) is 19.6 Å². The van der Waals surface area contributed by atoms with Gasteiger partial charge in [0.2, 0.25) is 11.9 Å². The Labute approximate surface area is 150 Å². The summed E-state index contributed by atoms with van der Waals surface area (Å²) >= 11 is 0. The van der Waals surface area contributed by atoms with Crippen LogP contribution in [0.1, 0.15) is 43.4 Å². The second kappa shape index (κ2) is 7.83. The highest BCUT2D eigenvalue weighted by atomic mass is 28.3. The van der Waals surface area contributed by atoms with Crippen molar-refractivity contribution in [3.63, 3.8) is 0 Å². The highest BCUT2D eigenvalue weighted by molar-refractivity contribution is 6.83. The second-order valence-corrected chi connectivity index (χ2v) is 12.3. The van der Waals surface area contributed by atoms with Crippen LogP contribution in [0, 0.1) is 21.6 Å². The smallest absolute Gasteiger partial charge is 0.246 e. The molecular formula is C19H26N2O3Si. The molecule has 0 unspecified atom stereocenters. The fourth-order valence-corrected chi connectivity index (χ4v) is 3.50. The lowest BCUT2D eigenvalue weighted by Crippen LogP contribution is -2.33. The lowest BCUT2D eigenvalue weighted by atomic mass is 9.99. The van der Waals surface area contributed by atoms with Crippen molar-refractivity contribution in [2.24, 2.45) is 0 Å². The molecular weight excluding hydrogens is 332 g/mol. The Bertz CT molecular complexity index is 698. The van der Waals surface area contributed by atoms with E-state index in [1.165, 1.54) is 0 Å². The molecule has 1 heterocycles. The first-order valence-electron chi connectivity index (χ1n) is 8.79. The number of unbranched alkanes of at least 4 members (excludes halogenated alkanes) is 1. The van der Waals surface area contributed by atoms with Crippen LogP contribution in [0.25, 0.3) is 0 Å². The number of amides is 1. The van der Waals surface area contributed by atoms with Crippen LogP contribution in [-0.2, 0) is 4.79 Å². The van der Waals surface area contributed by atoms with E-state index < -0.39 is 20.2 Å². The van der Waals surface area contributed by atoms with Crippen LogP contribution in [0.3, 0.4) is 0 Å². The zero-order chi connectivity index (χ0) is 18.6. The number of hydrogen-bond donors (Lipinski definition) is 0. The van der Waals surface area contributed by atoms with Gasteiger partial charge < -0.3 is 4.90 Å². The van der Waals surface area contributed by atoms with Crippen molar-refractivity contribution in [1.29, 1.82) is 0 Å². The maximum atomic E-state index is 12.3. The Hall–Kier alpha value is -2.13. The Morgan fingerprint density at radius 1 is 1.28 bits per heavy atom. The highest BCUT2D eigenvalue weighted by Gasteiger charge is 2.47. The normalized spacial score (nSPS) is 20.3. The maximum Gasteiger partial charge on any atom is 0.246 e. The number of likely N-dealkylation sites (tertiary alicyclic amines) is 1. The molecule has 2 atom stereocenters. The molecule has 1 aliphatic heterocycles. The summed E-state index contributed by atoms with van der Waals surface area (Å²) in [5.41, 5.74) is 5.05. The standard InChI is InChI=1S/C19H26N2O3Si/c1-5-6-12-20-18(22)14-17(21(23)24)19(20)16-9-7-15(8-10-16)11-13-25(2,3)4/h7-10,17,19H,5-6,12,14H2,1-4H3/t17-,19+/m1/s1. The van der Waals surface area contributed by atoms with Crippen molar-refractivity contribution in [1.82, 2.24) is 4.90 Å². The molecule has 1 aromatic carbocycles. The first-order chi connectivity index (χ1) is 11.7. The summed E-state index contributed by atoms with van der Waals surface area (Å²) in [5, 5.41) is 11.4. The van der Waals surface area contributed by atoms with Gasteiger partial charge in [0, 0.05) is 17.0 Å². The molecule has 1 aliphatic rings. The zero-order valence-electron chi connectivity index (χ0n) is 15.4. The van der Waals surface area contributed by atoms with Crippen molar-refractivity contribution < 1.29 is 9.72 Å². The topological polar surface area (TPSA) is 63.5 Å². The van der Waals surface area contributed by atoms with Crippen molar-refractivity contribution >= 4 is 14.0 Å². The van der Waals surface area contributed by atoms with Gasteiger partial charge in [-0.3, -0.25) is 14.9 Å². The molecule has 0 aromatic heterocycles. The third-order valence-electron chi connectivity index (χ3n) is 4.26. The molecule has 0 bridgehead atoms. The van der Waals surface area contributed by atoms with Gasteiger partial charge in [0.25, 0.3) is 0 Å². The molecule has 0 aliphatic carbocycles. The first kappa shape index (κ1) is 19.2. The second-order valence-electron chi connectivity index (χ2n) is 7.56. The minimum atomic E-state index is -1.44. The van der Waals surface area contributed by atoms with Crippen LogP contribution in [-0.4, -0.2) is 36.4 Å². The van der Waals surface area contributed by atoms with Gasteiger partial charge in [-0.1, -0.05) is 51.0 Å². The van der Waals surface area contributed by atoms with E-state index in [1.807, 2.05) is 31.2 Å². The quantitative estimate of drug-likeness (QED) is 0.349. The Balaban J connectivity index is 2.29. The number of benzene rings is 1. The van der Waals surface area contributed by atoms with Crippen LogP contribution < -0.4 is 0 Å². The summed E-state index contributed by atoms with van der Waals surface area (Å²) in [7, 11) is -1.44. The van der Waals surface area contributed by atoms with Gasteiger partial charge in [-0.05, 0) is 24.1 Å². The van der Waals surface area contributed by atoms with Crippen molar-refractivity contribution in [2.45, 2.75) is 57.9 Å². The van der Waals surface area contributed by atoms with E-state index >= 15 is 0 Å². The van der Waals surface area contributed by atoms with Crippen LogP contribution >= 0.6 is 0 Å². The van der Waals surface area contributed by atoms with Crippen LogP contribution in [0.5, 0.6) is 0 Å². The van der Waals surface area contributed by atoms with E-state index in [1.54, 1.807) is 4.90 Å². The van der Waals surface area contributed by atoms with Gasteiger partial charge in [-0.2, -0.15) is 0 Å². The molecule has 1 amide bonds. The molecule has 5 nitrogen and oxygen atoms in total. The Morgan fingerprint density at radius 3 is 2.44 bits per heavy atom. The van der Waals surface area contributed by atoms with E-state index in [9.17, 15) is 14.9 Å². The third kappa shape index (κ3) is 4.92. The average Bonchev–Trinajstić information content (AvgIpc) is 2.87. The van der Waals surface area contributed by atoms with Gasteiger partial charge in [0.15, 0.2) is 0 Å². The number of nitrogens with zero attached hydrogens (tertiary/aromatic N) is 2. The van der Waals surface area contributed by atoms with Gasteiger partial charge in [-0.25, -0.2) is 0 Å². The van der Waals surface area contributed by atoms with Crippen LogP contribution in [0.4, 0.5) is 0 Å². The van der Waals surface area contributed by atoms with Crippen molar-refractivity contribution in [3.8, 4) is 11.5 Å². The molecule has 1 saturated heterocycles. The summed E-state index contributed by atoms with van der Waals surface area (Å²) in [6.45, 7) is 9.18. The fraction of sp³-hybridized carbons (Fsp3) is 0.526. The number of carbonyl (C=O) groups is 1. The highest BCUT2D eigenvalue weighted by Crippen LogP contribution is 2.35. The number of nitro groups is 1. The van der Waals surface area contributed by atoms with E-state index in [4.69, 9.17) is 0 Å². The monoisotopic (exact) mass is 358 g/mol. The van der Waals surface area contributed by atoms with Gasteiger partial charge >= 0.3 is 0 Å². The molecule has 1 fully saturated rings. The maximum absolute atomic E-state index is 12.3. The van der Waals surface area contributed by atoms with Crippen molar-refractivity contribution in [2.75, 3.05) is 6.54 Å². The average molecular weight is 359 g/mol. The predicted octanol–water partition coefficient (Wildman–Crippen LogP) is 3.63. The summed E-state index contributed by atoms with van der Waals surface area (Å²) in [6.07, 6.45) is 1.79. The Morgan fingerprint density at radius 2 is 1.92 bits per heavy atom. The lowest BCUT2D eigenvalue weighted by molar-refractivity contribution is -0.525. The SMILES string of the molecule is CCCCN1C(=O)C[C@@H]([N+](=O)[O-])[C@@H]1c1ccc(C#C[Si](C)(C)C)cc1. The van der Waals surface area contributed by atoms with Gasteiger partial charge in [0.1, 0.15) is 14.1 Å². The zero-order valence-corrected chi connectivity index (χ0v) is 16.4. The van der Waals surface area contributed by atoms with Gasteiger partial charge in [-0.15, -0.1) is 5.54 Å². The number of carbonyl (C=O) groups excluding carboxylic acids is 1.